The van der Waals surface area contributed by atoms with Crippen LogP contribution in [0.5, 0.6) is 0 Å². The Morgan fingerprint density at radius 2 is 2.35 bits per heavy atom. The highest BCUT2D eigenvalue weighted by Crippen LogP contribution is 2.22. The molecule has 0 spiro atoms. The summed E-state index contributed by atoms with van der Waals surface area (Å²) in [4.78, 5) is 15.8. The molecular weight excluding hydrogens is 301 g/mol. The fraction of sp³-hybridized carbons (Fsp3) is 0.231. The van der Waals surface area contributed by atoms with Gasteiger partial charge in [-0.25, -0.2) is 4.98 Å². The highest BCUT2D eigenvalue weighted by atomic mass is 35.5. The van der Waals surface area contributed by atoms with Crippen LogP contribution in [0.4, 0.5) is 5.82 Å². The molecule has 5 nitrogen and oxygen atoms in total. The number of furan rings is 1. The Morgan fingerprint density at radius 3 is 3.00 bits per heavy atom. The van der Waals surface area contributed by atoms with Crippen molar-refractivity contribution in [1.29, 1.82) is 0 Å². The lowest BCUT2D eigenvalue weighted by atomic mass is 10.2. The van der Waals surface area contributed by atoms with E-state index in [4.69, 9.17) is 27.6 Å². The van der Waals surface area contributed by atoms with Crippen molar-refractivity contribution in [3.63, 3.8) is 0 Å². The SMILES string of the molecule is C[C@H]([NH2+]CC(=O)Nc1ncc(Cl)cc1Cl)c1ccco1. The molecule has 0 saturated carbocycles. The number of hydrogen-bond acceptors (Lipinski definition) is 3. The smallest absolute Gasteiger partial charge is 0.280 e. The number of aromatic nitrogens is 1. The molecule has 2 aromatic rings. The Labute approximate surface area is 126 Å². The Bertz CT molecular complexity index is 587. The zero-order valence-electron chi connectivity index (χ0n) is 10.8. The lowest BCUT2D eigenvalue weighted by Gasteiger charge is -2.09. The van der Waals surface area contributed by atoms with Gasteiger partial charge >= 0.3 is 0 Å². The molecule has 0 bridgehead atoms. The van der Waals surface area contributed by atoms with Gasteiger partial charge in [-0.15, -0.1) is 0 Å². The third-order valence-electron chi connectivity index (χ3n) is 2.71. The van der Waals surface area contributed by atoms with Gasteiger partial charge in [0, 0.05) is 6.20 Å². The normalized spacial score (nSPS) is 12.2. The van der Waals surface area contributed by atoms with Crippen molar-refractivity contribution in [3.8, 4) is 0 Å². The van der Waals surface area contributed by atoms with E-state index in [0.29, 0.717) is 15.9 Å². The second-order valence-electron chi connectivity index (χ2n) is 4.28. The standard InChI is InChI=1S/C13H13Cl2N3O2/c1-8(11-3-2-4-20-11)16-7-12(19)18-13-10(15)5-9(14)6-17-13/h2-6,8,16H,7H2,1H3,(H,17,18,19)/p+1/t8-/m0/s1. The molecule has 0 aliphatic carbocycles. The monoisotopic (exact) mass is 314 g/mol. The maximum Gasteiger partial charge on any atom is 0.280 e. The van der Waals surface area contributed by atoms with Crippen LogP contribution in [-0.4, -0.2) is 17.4 Å². The van der Waals surface area contributed by atoms with Crippen LogP contribution in [0.25, 0.3) is 0 Å². The first-order valence-corrected chi connectivity index (χ1v) is 6.79. The Kier molecular flexibility index (Phi) is 5.00. The number of nitrogens with zero attached hydrogens (tertiary/aromatic N) is 1. The number of nitrogens with one attached hydrogen (secondary N) is 1. The van der Waals surface area contributed by atoms with E-state index in [1.165, 1.54) is 12.3 Å². The number of halogens is 2. The van der Waals surface area contributed by atoms with Crippen LogP contribution in [0.2, 0.25) is 10.0 Å². The fourth-order valence-corrected chi connectivity index (χ4v) is 2.07. The Hall–Kier alpha value is -1.56. The molecular formula is C13H14Cl2N3O2+. The van der Waals surface area contributed by atoms with E-state index in [1.807, 2.05) is 24.4 Å². The molecule has 0 fully saturated rings. The van der Waals surface area contributed by atoms with Gasteiger partial charge in [-0.2, -0.15) is 0 Å². The topological polar surface area (TPSA) is 71.7 Å². The molecule has 20 heavy (non-hydrogen) atoms. The number of quaternary nitrogens is 1. The van der Waals surface area contributed by atoms with E-state index in [9.17, 15) is 4.79 Å². The second-order valence-corrected chi connectivity index (χ2v) is 5.12. The minimum absolute atomic E-state index is 0.0596. The summed E-state index contributed by atoms with van der Waals surface area (Å²) in [6.07, 6.45) is 3.04. The maximum absolute atomic E-state index is 11.8. The van der Waals surface area contributed by atoms with Crippen molar-refractivity contribution in [1.82, 2.24) is 4.98 Å². The highest BCUT2D eigenvalue weighted by molar-refractivity contribution is 6.36. The molecule has 0 saturated heterocycles. The molecule has 0 unspecified atom stereocenters. The van der Waals surface area contributed by atoms with E-state index in [2.05, 4.69) is 10.3 Å². The van der Waals surface area contributed by atoms with Gasteiger partial charge in [0.1, 0.15) is 6.04 Å². The van der Waals surface area contributed by atoms with Crippen LogP contribution >= 0.6 is 23.2 Å². The number of hydrogen-bond donors (Lipinski definition) is 2. The van der Waals surface area contributed by atoms with Crippen LogP contribution in [-0.2, 0) is 4.79 Å². The molecule has 0 aromatic carbocycles. The molecule has 0 radical (unpaired) electrons. The Balaban J connectivity index is 1.86. The van der Waals surface area contributed by atoms with Crippen LogP contribution in [0.15, 0.2) is 35.1 Å². The van der Waals surface area contributed by atoms with Gasteiger partial charge in [0.15, 0.2) is 18.1 Å². The van der Waals surface area contributed by atoms with E-state index in [-0.39, 0.29) is 18.5 Å². The molecule has 2 aromatic heterocycles. The number of anilines is 1. The second kappa shape index (κ2) is 6.74. The number of pyridine rings is 1. The summed E-state index contributed by atoms with van der Waals surface area (Å²) in [7, 11) is 0. The number of amides is 1. The first-order chi connectivity index (χ1) is 9.56. The molecule has 0 aliphatic heterocycles. The average molecular weight is 315 g/mol. The molecule has 2 heterocycles. The predicted octanol–water partition coefficient (Wildman–Crippen LogP) is 2.24. The lowest BCUT2D eigenvalue weighted by molar-refractivity contribution is -0.684. The molecule has 2 rings (SSSR count). The highest BCUT2D eigenvalue weighted by Gasteiger charge is 2.14. The lowest BCUT2D eigenvalue weighted by Crippen LogP contribution is -2.86. The van der Waals surface area contributed by atoms with Gasteiger partial charge in [-0.3, -0.25) is 4.79 Å². The summed E-state index contributed by atoms with van der Waals surface area (Å²) in [5.74, 6) is 0.931. The summed E-state index contributed by atoms with van der Waals surface area (Å²) in [5.41, 5.74) is 0. The number of carbonyl (C=O) groups excluding carboxylic acids is 1. The molecule has 0 aliphatic rings. The zero-order valence-corrected chi connectivity index (χ0v) is 12.3. The van der Waals surface area contributed by atoms with Crippen LogP contribution in [0.3, 0.4) is 0 Å². The van der Waals surface area contributed by atoms with E-state index < -0.39 is 0 Å². The minimum Gasteiger partial charge on any atom is -0.463 e. The molecule has 1 atom stereocenters. The van der Waals surface area contributed by atoms with E-state index in [1.54, 1.807) is 6.26 Å². The molecule has 7 heteroatoms. The van der Waals surface area contributed by atoms with Gasteiger partial charge in [0.25, 0.3) is 5.91 Å². The average Bonchev–Trinajstić information content (AvgIpc) is 2.93. The summed E-state index contributed by atoms with van der Waals surface area (Å²) in [5, 5.41) is 5.23. The van der Waals surface area contributed by atoms with Crippen molar-refractivity contribution in [2.45, 2.75) is 13.0 Å². The molecule has 1 amide bonds. The maximum atomic E-state index is 11.8. The van der Waals surface area contributed by atoms with Crippen molar-refractivity contribution in [2.75, 3.05) is 11.9 Å². The first-order valence-electron chi connectivity index (χ1n) is 6.04. The van der Waals surface area contributed by atoms with Gasteiger partial charge in [0.2, 0.25) is 0 Å². The van der Waals surface area contributed by atoms with Gasteiger partial charge < -0.3 is 15.1 Å². The summed E-state index contributed by atoms with van der Waals surface area (Å²) < 4.78 is 5.27. The fourth-order valence-electron chi connectivity index (χ4n) is 1.64. The summed E-state index contributed by atoms with van der Waals surface area (Å²) in [6, 6.07) is 5.28. The Morgan fingerprint density at radius 1 is 1.55 bits per heavy atom. The molecule has 106 valence electrons. The third-order valence-corrected chi connectivity index (χ3v) is 3.21. The molecule has 3 N–H and O–H groups in total. The van der Waals surface area contributed by atoms with Crippen LogP contribution in [0, 0.1) is 0 Å². The zero-order chi connectivity index (χ0) is 14.5. The van der Waals surface area contributed by atoms with Gasteiger partial charge in [-0.1, -0.05) is 23.2 Å². The number of carbonyl (C=O) groups is 1. The first kappa shape index (κ1) is 14.8. The number of nitrogens with two attached hydrogens (primary N) is 1. The van der Waals surface area contributed by atoms with Crippen molar-refractivity contribution < 1.29 is 14.5 Å². The minimum atomic E-state index is -0.194. The van der Waals surface area contributed by atoms with E-state index >= 15 is 0 Å². The third kappa shape index (κ3) is 3.96. The van der Waals surface area contributed by atoms with E-state index in [0.717, 1.165) is 5.76 Å². The van der Waals surface area contributed by atoms with Crippen molar-refractivity contribution >= 4 is 34.9 Å². The largest absolute Gasteiger partial charge is 0.463 e. The van der Waals surface area contributed by atoms with Gasteiger partial charge in [0.05, 0.1) is 16.3 Å². The van der Waals surface area contributed by atoms with Crippen molar-refractivity contribution in [3.05, 3.63) is 46.5 Å². The quantitative estimate of drug-likeness (QED) is 0.889. The van der Waals surface area contributed by atoms with Crippen LogP contribution in [0.1, 0.15) is 18.7 Å². The summed E-state index contributed by atoms with van der Waals surface area (Å²) >= 11 is 11.7. The van der Waals surface area contributed by atoms with Crippen LogP contribution < -0.4 is 10.6 Å². The predicted molar refractivity (Wildman–Crippen MR) is 76.8 cm³/mol. The van der Waals surface area contributed by atoms with Gasteiger partial charge in [-0.05, 0) is 25.1 Å². The summed E-state index contributed by atoms with van der Waals surface area (Å²) in [6.45, 7) is 2.20. The van der Waals surface area contributed by atoms with Crippen molar-refractivity contribution in [2.24, 2.45) is 0 Å². The number of rotatable bonds is 5.